The molecule has 0 aromatic carbocycles. The third-order valence-corrected chi connectivity index (χ3v) is 5.20. The predicted octanol–water partition coefficient (Wildman–Crippen LogP) is 1.08. The average Bonchev–Trinajstić information content (AvgIpc) is 2.90. The van der Waals surface area contributed by atoms with Gasteiger partial charge in [-0.2, -0.15) is 5.10 Å². The molecule has 1 unspecified atom stereocenters. The Morgan fingerprint density at radius 1 is 1.53 bits per heavy atom. The van der Waals surface area contributed by atoms with Crippen molar-refractivity contribution < 1.29 is 8.42 Å². The van der Waals surface area contributed by atoms with Crippen molar-refractivity contribution in [1.82, 2.24) is 14.8 Å². The van der Waals surface area contributed by atoms with Crippen LogP contribution in [0.25, 0.3) is 11.0 Å². The van der Waals surface area contributed by atoms with Crippen LogP contribution in [0.1, 0.15) is 23.7 Å². The van der Waals surface area contributed by atoms with Crippen LogP contribution in [0.3, 0.4) is 0 Å². The van der Waals surface area contributed by atoms with Crippen molar-refractivity contribution in [3.05, 3.63) is 23.5 Å². The van der Waals surface area contributed by atoms with Gasteiger partial charge in [-0.1, -0.05) is 5.92 Å². The minimum absolute atomic E-state index is 0.120. The summed E-state index contributed by atoms with van der Waals surface area (Å²) in [6, 6.07) is 1.75. The topological polar surface area (TPSA) is 64.8 Å². The van der Waals surface area contributed by atoms with Gasteiger partial charge in [0.15, 0.2) is 15.5 Å². The van der Waals surface area contributed by atoms with Gasteiger partial charge in [0.2, 0.25) is 0 Å². The van der Waals surface area contributed by atoms with Gasteiger partial charge in [-0.3, -0.25) is 0 Å². The van der Waals surface area contributed by atoms with E-state index in [4.69, 9.17) is 6.42 Å². The van der Waals surface area contributed by atoms with Crippen LogP contribution in [0.2, 0.25) is 0 Å². The minimum atomic E-state index is -2.94. The molecular weight excluding hydrogens is 262 g/mol. The molecule has 5 nitrogen and oxygen atoms in total. The van der Waals surface area contributed by atoms with E-state index in [-0.39, 0.29) is 17.5 Å². The summed E-state index contributed by atoms with van der Waals surface area (Å²) in [5, 5.41) is 5.32. The van der Waals surface area contributed by atoms with Crippen LogP contribution in [-0.2, 0) is 9.84 Å². The first-order valence-electron chi connectivity index (χ1n) is 6.02. The summed E-state index contributed by atoms with van der Waals surface area (Å²) in [4.78, 5) is 4.33. The summed E-state index contributed by atoms with van der Waals surface area (Å²) in [6.07, 6.45) is 7.57. The van der Waals surface area contributed by atoms with Crippen molar-refractivity contribution in [2.45, 2.75) is 19.4 Å². The van der Waals surface area contributed by atoms with E-state index in [0.29, 0.717) is 17.6 Å². The molecule has 2 aromatic rings. The van der Waals surface area contributed by atoms with E-state index in [2.05, 4.69) is 16.0 Å². The molecule has 1 atom stereocenters. The van der Waals surface area contributed by atoms with E-state index >= 15 is 0 Å². The van der Waals surface area contributed by atoms with E-state index in [0.717, 1.165) is 11.1 Å². The highest BCUT2D eigenvalue weighted by Crippen LogP contribution is 2.27. The maximum atomic E-state index is 11.6. The molecule has 0 spiro atoms. The van der Waals surface area contributed by atoms with Gasteiger partial charge in [-0.05, 0) is 19.4 Å². The van der Waals surface area contributed by atoms with Gasteiger partial charge in [0.25, 0.3) is 0 Å². The standard InChI is InChI=1S/C13H13N3O2S/c1-3-10-6-12-9(2)15-16(13(12)14-7-10)11-4-5-19(17,18)8-11/h1,6-7,11H,4-5,8H2,2H3. The van der Waals surface area contributed by atoms with E-state index < -0.39 is 9.84 Å². The molecule has 0 bridgehead atoms. The highest BCUT2D eigenvalue weighted by molar-refractivity contribution is 7.91. The first-order chi connectivity index (χ1) is 9.00. The second kappa shape index (κ2) is 4.07. The van der Waals surface area contributed by atoms with E-state index in [9.17, 15) is 8.42 Å². The third-order valence-electron chi connectivity index (χ3n) is 3.45. The molecule has 1 aliphatic rings. The summed E-state index contributed by atoms with van der Waals surface area (Å²) < 4.78 is 24.9. The highest BCUT2D eigenvalue weighted by atomic mass is 32.2. The zero-order chi connectivity index (χ0) is 13.6. The van der Waals surface area contributed by atoms with Crippen molar-refractivity contribution in [3.8, 4) is 12.3 Å². The van der Waals surface area contributed by atoms with Gasteiger partial charge in [0.1, 0.15) is 0 Å². The number of rotatable bonds is 1. The largest absolute Gasteiger partial charge is 0.243 e. The number of sulfone groups is 1. The van der Waals surface area contributed by atoms with Crippen molar-refractivity contribution in [3.63, 3.8) is 0 Å². The van der Waals surface area contributed by atoms with Crippen LogP contribution in [-0.4, -0.2) is 34.7 Å². The van der Waals surface area contributed by atoms with Crippen LogP contribution in [0.5, 0.6) is 0 Å². The number of aromatic nitrogens is 3. The predicted molar refractivity (Wildman–Crippen MR) is 72.5 cm³/mol. The second-order valence-electron chi connectivity index (χ2n) is 4.83. The minimum Gasteiger partial charge on any atom is -0.243 e. The molecule has 0 radical (unpaired) electrons. The normalized spacial score (nSPS) is 21.6. The molecule has 3 rings (SSSR count). The highest BCUT2D eigenvalue weighted by Gasteiger charge is 2.31. The fourth-order valence-corrected chi connectivity index (χ4v) is 4.16. The van der Waals surface area contributed by atoms with Crippen LogP contribution in [0.15, 0.2) is 12.3 Å². The Hall–Kier alpha value is -1.87. The first kappa shape index (κ1) is 12.2. The molecule has 98 valence electrons. The molecule has 2 aromatic heterocycles. The molecule has 0 saturated carbocycles. The lowest BCUT2D eigenvalue weighted by atomic mass is 10.2. The van der Waals surface area contributed by atoms with Gasteiger partial charge < -0.3 is 0 Å². The Morgan fingerprint density at radius 2 is 2.32 bits per heavy atom. The SMILES string of the molecule is C#Cc1cnc2c(c1)c(C)nn2C1CCS(=O)(=O)C1. The summed E-state index contributed by atoms with van der Waals surface area (Å²) >= 11 is 0. The Labute approximate surface area is 111 Å². The van der Waals surface area contributed by atoms with Gasteiger partial charge >= 0.3 is 0 Å². The van der Waals surface area contributed by atoms with Crippen molar-refractivity contribution in [1.29, 1.82) is 0 Å². The smallest absolute Gasteiger partial charge is 0.158 e. The van der Waals surface area contributed by atoms with Gasteiger partial charge in [-0.25, -0.2) is 18.1 Å². The Balaban J connectivity index is 2.14. The molecule has 0 aliphatic carbocycles. The molecular formula is C13H13N3O2S. The molecule has 6 heteroatoms. The molecule has 0 N–H and O–H groups in total. The van der Waals surface area contributed by atoms with E-state index in [1.807, 2.05) is 13.0 Å². The van der Waals surface area contributed by atoms with Gasteiger partial charge in [-0.15, -0.1) is 6.42 Å². The quantitative estimate of drug-likeness (QED) is 0.731. The van der Waals surface area contributed by atoms with Crippen LogP contribution < -0.4 is 0 Å². The number of pyridine rings is 1. The summed E-state index contributed by atoms with van der Waals surface area (Å²) in [5.41, 5.74) is 2.23. The Bertz CT molecular complexity index is 799. The van der Waals surface area contributed by atoms with E-state index in [1.54, 1.807) is 10.9 Å². The summed E-state index contributed by atoms with van der Waals surface area (Å²) in [5.74, 6) is 2.91. The van der Waals surface area contributed by atoms with E-state index in [1.165, 1.54) is 0 Å². The zero-order valence-electron chi connectivity index (χ0n) is 10.5. The number of hydrogen-bond acceptors (Lipinski definition) is 4. The van der Waals surface area contributed by atoms with Crippen LogP contribution in [0, 0.1) is 19.3 Å². The van der Waals surface area contributed by atoms with Crippen LogP contribution >= 0.6 is 0 Å². The molecule has 0 amide bonds. The van der Waals surface area contributed by atoms with Crippen molar-refractivity contribution >= 4 is 20.9 Å². The fraction of sp³-hybridized carbons (Fsp3) is 0.385. The average molecular weight is 275 g/mol. The van der Waals surface area contributed by atoms with Crippen molar-refractivity contribution in [2.24, 2.45) is 0 Å². The molecule has 1 saturated heterocycles. The van der Waals surface area contributed by atoms with Gasteiger partial charge in [0.05, 0.1) is 23.2 Å². The molecule has 1 fully saturated rings. The lowest BCUT2D eigenvalue weighted by Gasteiger charge is -2.08. The molecule has 1 aliphatic heterocycles. The lowest BCUT2D eigenvalue weighted by Crippen LogP contribution is -2.13. The van der Waals surface area contributed by atoms with Crippen molar-refractivity contribution in [2.75, 3.05) is 11.5 Å². The zero-order valence-corrected chi connectivity index (χ0v) is 11.3. The number of hydrogen-bond donors (Lipinski definition) is 0. The summed E-state index contributed by atoms with van der Waals surface area (Å²) in [7, 11) is -2.94. The van der Waals surface area contributed by atoms with Gasteiger partial charge in [0, 0.05) is 17.1 Å². The van der Waals surface area contributed by atoms with Crippen LogP contribution in [0.4, 0.5) is 0 Å². The number of fused-ring (bicyclic) bond motifs is 1. The maximum absolute atomic E-state index is 11.6. The lowest BCUT2D eigenvalue weighted by molar-refractivity contribution is 0.509. The maximum Gasteiger partial charge on any atom is 0.158 e. The molecule has 3 heterocycles. The second-order valence-corrected chi connectivity index (χ2v) is 7.06. The Kier molecular flexibility index (Phi) is 2.61. The monoisotopic (exact) mass is 275 g/mol. The Morgan fingerprint density at radius 3 is 2.95 bits per heavy atom. The molecule has 19 heavy (non-hydrogen) atoms. The third kappa shape index (κ3) is 2.00. The first-order valence-corrected chi connectivity index (χ1v) is 7.84. The number of aryl methyl sites for hydroxylation is 1. The number of terminal acetylenes is 1. The fourth-order valence-electron chi connectivity index (χ4n) is 2.47. The summed E-state index contributed by atoms with van der Waals surface area (Å²) in [6.45, 7) is 1.88. The number of nitrogens with zero attached hydrogens (tertiary/aromatic N) is 3.